The van der Waals surface area contributed by atoms with E-state index >= 15 is 0 Å². The van der Waals surface area contributed by atoms with E-state index in [0.717, 1.165) is 54.1 Å². The summed E-state index contributed by atoms with van der Waals surface area (Å²) in [7, 11) is 1.69. The highest BCUT2D eigenvalue weighted by molar-refractivity contribution is 9.10. The number of hydrogen-bond donors (Lipinski definition) is 1. The summed E-state index contributed by atoms with van der Waals surface area (Å²) in [5.41, 5.74) is 1.31. The lowest BCUT2D eigenvalue weighted by molar-refractivity contribution is 0.0938. The Kier molecular flexibility index (Phi) is 6.51. The standard InChI is InChI=1S/C19H23BrN2O2S/c1-24-16-4-2-15(3-5-16)13-22-9-6-14(7-10-22)12-21-19(23)18-17(20)8-11-25-18/h2-5,8,11,14H,6-7,9-10,12-13H2,1H3,(H,21,23). The summed E-state index contributed by atoms with van der Waals surface area (Å²) in [5.74, 6) is 1.49. The van der Waals surface area contributed by atoms with Gasteiger partial charge in [-0.05, 0) is 76.9 Å². The van der Waals surface area contributed by atoms with Crippen molar-refractivity contribution >= 4 is 33.2 Å². The van der Waals surface area contributed by atoms with Gasteiger partial charge in [-0.25, -0.2) is 0 Å². The van der Waals surface area contributed by atoms with E-state index in [9.17, 15) is 4.79 Å². The maximum atomic E-state index is 12.2. The molecular weight excluding hydrogens is 400 g/mol. The summed E-state index contributed by atoms with van der Waals surface area (Å²) >= 11 is 4.89. The Morgan fingerprint density at radius 3 is 2.60 bits per heavy atom. The van der Waals surface area contributed by atoms with Crippen LogP contribution in [0.5, 0.6) is 5.75 Å². The van der Waals surface area contributed by atoms with Crippen LogP contribution in [0.4, 0.5) is 0 Å². The summed E-state index contributed by atoms with van der Waals surface area (Å²) in [6.45, 7) is 3.90. The van der Waals surface area contributed by atoms with E-state index in [0.29, 0.717) is 5.92 Å². The molecule has 1 amide bonds. The average Bonchev–Trinajstić information content (AvgIpc) is 3.07. The summed E-state index contributed by atoms with van der Waals surface area (Å²) in [6.07, 6.45) is 2.25. The van der Waals surface area contributed by atoms with Gasteiger partial charge in [0.05, 0.1) is 7.11 Å². The van der Waals surface area contributed by atoms with Crippen molar-refractivity contribution in [3.8, 4) is 5.75 Å². The molecule has 0 unspecified atom stereocenters. The average molecular weight is 423 g/mol. The van der Waals surface area contributed by atoms with Crippen molar-refractivity contribution in [2.45, 2.75) is 19.4 Å². The van der Waals surface area contributed by atoms with Gasteiger partial charge < -0.3 is 10.1 Å². The van der Waals surface area contributed by atoms with Crippen LogP contribution in [-0.4, -0.2) is 37.6 Å². The van der Waals surface area contributed by atoms with E-state index in [1.165, 1.54) is 16.9 Å². The Bertz CT molecular complexity index is 694. The fraction of sp³-hybridized carbons (Fsp3) is 0.421. The monoisotopic (exact) mass is 422 g/mol. The van der Waals surface area contributed by atoms with E-state index in [1.54, 1.807) is 7.11 Å². The van der Waals surface area contributed by atoms with Gasteiger partial charge >= 0.3 is 0 Å². The molecule has 2 aromatic rings. The molecule has 1 aromatic carbocycles. The van der Waals surface area contributed by atoms with E-state index in [-0.39, 0.29) is 5.91 Å². The Morgan fingerprint density at radius 1 is 1.28 bits per heavy atom. The normalized spacial score (nSPS) is 15.9. The van der Waals surface area contributed by atoms with Crippen molar-refractivity contribution in [2.75, 3.05) is 26.7 Å². The number of nitrogens with one attached hydrogen (secondary N) is 1. The predicted molar refractivity (Wildman–Crippen MR) is 105 cm³/mol. The molecule has 1 aliphatic rings. The van der Waals surface area contributed by atoms with Crippen molar-refractivity contribution in [1.29, 1.82) is 0 Å². The molecule has 0 atom stereocenters. The van der Waals surface area contributed by atoms with Crippen LogP contribution in [0.15, 0.2) is 40.2 Å². The minimum atomic E-state index is 0.0301. The van der Waals surface area contributed by atoms with Crippen LogP contribution in [0.2, 0.25) is 0 Å². The van der Waals surface area contributed by atoms with E-state index in [2.05, 4.69) is 38.3 Å². The number of nitrogens with zero attached hydrogens (tertiary/aromatic N) is 1. The number of halogens is 1. The quantitative estimate of drug-likeness (QED) is 0.759. The number of ether oxygens (including phenoxy) is 1. The first-order chi connectivity index (χ1) is 12.2. The number of methoxy groups -OCH3 is 1. The van der Waals surface area contributed by atoms with Crippen molar-refractivity contribution in [3.05, 3.63) is 50.6 Å². The van der Waals surface area contributed by atoms with Crippen molar-refractivity contribution in [1.82, 2.24) is 10.2 Å². The van der Waals surface area contributed by atoms with E-state index in [4.69, 9.17) is 4.74 Å². The maximum absolute atomic E-state index is 12.2. The second-order valence-corrected chi connectivity index (χ2v) is 8.15. The minimum Gasteiger partial charge on any atom is -0.497 e. The molecule has 0 aliphatic carbocycles. The number of piperidine rings is 1. The zero-order valence-electron chi connectivity index (χ0n) is 14.3. The number of carbonyl (C=O) groups excluding carboxylic acids is 1. The molecular formula is C19H23BrN2O2S. The largest absolute Gasteiger partial charge is 0.497 e. The molecule has 2 heterocycles. The number of hydrogen-bond acceptors (Lipinski definition) is 4. The zero-order valence-corrected chi connectivity index (χ0v) is 16.7. The van der Waals surface area contributed by atoms with Gasteiger partial charge in [0, 0.05) is 17.6 Å². The second kappa shape index (κ2) is 8.83. The van der Waals surface area contributed by atoms with Gasteiger partial charge in [-0.15, -0.1) is 11.3 Å². The molecule has 6 heteroatoms. The Hall–Kier alpha value is -1.37. The van der Waals surface area contributed by atoms with Crippen LogP contribution in [0.3, 0.4) is 0 Å². The molecule has 1 aliphatic heterocycles. The molecule has 134 valence electrons. The van der Waals surface area contributed by atoms with Gasteiger partial charge in [-0.3, -0.25) is 9.69 Å². The molecule has 0 bridgehead atoms. The molecule has 4 nitrogen and oxygen atoms in total. The molecule has 0 radical (unpaired) electrons. The Balaban J connectivity index is 1.41. The fourth-order valence-electron chi connectivity index (χ4n) is 3.11. The lowest BCUT2D eigenvalue weighted by atomic mass is 9.96. The van der Waals surface area contributed by atoms with Gasteiger partial charge in [0.2, 0.25) is 0 Å². The molecule has 0 spiro atoms. The summed E-state index contributed by atoms with van der Waals surface area (Å²) in [6, 6.07) is 10.2. The highest BCUT2D eigenvalue weighted by atomic mass is 79.9. The number of amides is 1. The molecule has 25 heavy (non-hydrogen) atoms. The lowest BCUT2D eigenvalue weighted by Crippen LogP contribution is -2.38. The van der Waals surface area contributed by atoms with Gasteiger partial charge in [0.15, 0.2) is 0 Å². The number of likely N-dealkylation sites (tertiary alicyclic amines) is 1. The first kappa shape index (κ1) is 18.4. The van der Waals surface area contributed by atoms with Crippen LogP contribution < -0.4 is 10.1 Å². The summed E-state index contributed by atoms with van der Waals surface area (Å²) in [4.78, 5) is 15.4. The van der Waals surface area contributed by atoms with Crippen LogP contribution in [0, 0.1) is 5.92 Å². The number of carbonyl (C=O) groups is 1. The van der Waals surface area contributed by atoms with Gasteiger partial charge in [-0.2, -0.15) is 0 Å². The fourth-order valence-corrected chi connectivity index (χ4v) is 4.58. The minimum absolute atomic E-state index is 0.0301. The molecule has 1 N–H and O–H groups in total. The van der Waals surface area contributed by atoms with Crippen molar-refractivity contribution < 1.29 is 9.53 Å². The van der Waals surface area contributed by atoms with E-state index < -0.39 is 0 Å². The highest BCUT2D eigenvalue weighted by Crippen LogP contribution is 2.23. The first-order valence-corrected chi connectivity index (χ1v) is 10.2. The number of thiophene rings is 1. The third-order valence-corrected chi connectivity index (χ3v) is 6.48. The lowest BCUT2D eigenvalue weighted by Gasteiger charge is -2.32. The Labute approximate surface area is 161 Å². The van der Waals surface area contributed by atoms with Gasteiger partial charge in [0.1, 0.15) is 10.6 Å². The molecule has 3 rings (SSSR count). The van der Waals surface area contributed by atoms with Gasteiger partial charge in [-0.1, -0.05) is 12.1 Å². The molecule has 1 saturated heterocycles. The predicted octanol–water partition coefficient (Wildman–Crippen LogP) is 4.16. The van der Waals surface area contributed by atoms with Crippen LogP contribution in [0.1, 0.15) is 28.1 Å². The summed E-state index contributed by atoms with van der Waals surface area (Å²) in [5, 5.41) is 5.01. The maximum Gasteiger partial charge on any atom is 0.262 e. The number of rotatable bonds is 6. The van der Waals surface area contributed by atoms with Crippen molar-refractivity contribution in [2.24, 2.45) is 5.92 Å². The third-order valence-electron chi connectivity index (χ3n) is 4.65. The first-order valence-electron chi connectivity index (χ1n) is 8.52. The summed E-state index contributed by atoms with van der Waals surface area (Å²) < 4.78 is 6.08. The second-order valence-electron chi connectivity index (χ2n) is 6.38. The smallest absolute Gasteiger partial charge is 0.262 e. The Morgan fingerprint density at radius 2 is 2.00 bits per heavy atom. The van der Waals surface area contributed by atoms with Gasteiger partial charge in [0.25, 0.3) is 5.91 Å². The molecule has 1 fully saturated rings. The molecule has 0 saturated carbocycles. The molecule has 1 aromatic heterocycles. The zero-order chi connectivity index (χ0) is 17.6. The van der Waals surface area contributed by atoms with Crippen LogP contribution >= 0.6 is 27.3 Å². The topological polar surface area (TPSA) is 41.6 Å². The highest BCUT2D eigenvalue weighted by Gasteiger charge is 2.20. The van der Waals surface area contributed by atoms with Crippen molar-refractivity contribution in [3.63, 3.8) is 0 Å². The van der Waals surface area contributed by atoms with E-state index in [1.807, 2.05) is 23.6 Å². The SMILES string of the molecule is COc1ccc(CN2CCC(CNC(=O)c3sccc3Br)CC2)cc1. The third kappa shape index (κ3) is 5.06. The van der Waals surface area contributed by atoms with Crippen LogP contribution in [0.25, 0.3) is 0 Å². The van der Waals surface area contributed by atoms with Crippen LogP contribution in [-0.2, 0) is 6.54 Å². The number of benzene rings is 1.